The number of methoxy groups -OCH3 is 1. The Balaban J connectivity index is 1.76. The summed E-state index contributed by atoms with van der Waals surface area (Å²) in [5.41, 5.74) is 1.41. The Bertz CT molecular complexity index is 847. The van der Waals surface area contributed by atoms with Gasteiger partial charge in [-0.1, -0.05) is 19.1 Å². The molecule has 1 atom stereocenters. The molecule has 0 aromatic heterocycles. The molecule has 0 aliphatic carbocycles. The molecular weight excluding hydrogens is 348 g/mol. The summed E-state index contributed by atoms with van der Waals surface area (Å²) in [5, 5.41) is 9.42. The molecule has 1 unspecified atom stereocenters. The molecule has 5 nitrogen and oxygen atoms in total. The van der Waals surface area contributed by atoms with Crippen LogP contribution in [-0.2, 0) is 4.79 Å². The smallest absolute Gasteiger partial charge is 0.264 e. The first-order valence-corrected chi connectivity index (χ1v) is 9.27. The summed E-state index contributed by atoms with van der Waals surface area (Å²) in [4.78, 5) is 15.7. The lowest BCUT2D eigenvalue weighted by atomic mass is 10.2. The van der Waals surface area contributed by atoms with Gasteiger partial charge in [-0.3, -0.25) is 4.79 Å². The van der Waals surface area contributed by atoms with Crippen LogP contribution in [0.25, 0.3) is 0 Å². The van der Waals surface area contributed by atoms with Crippen molar-refractivity contribution in [2.45, 2.75) is 23.5 Å². The van der Waals surface area contributed by atoms with Crippen molar-refractivity contribution in [3.05, 3.63) is 48.0 Å². The largest absolute Gasteiger partial charge is 0.493 e. The highest BCUT2D eigenvalue weighted by atomic mass is 32.2. The zero-order valence-electron chi connectivity index (χ0n) is 14.8. The van der Waals surface area contributed by atoms with Crippen molar-refractivity contribution in [3.8, 4) is 17.6 Å². The third-order valence-corrected chi connectivity index (χ3v) is 5.43. The Morgan fingerprint density at radius 1 is 1.31 bits per heavy atom. The van der Waals surface area contributed by atoms with Crippen LogP contribution in [0.3, 0.4) is 0 Å². The molecule has 2 aromatic rings. The van der Waals surface area contributed by atoms with Crippen molar-refractivity contribution in [3.63, 3.8) is 0 Å². The number of hydrogen-bond acceptors (Lipinski definition) is 5. The fraction of sp³-hybridized carbons (Fsp3) is 0.300. The highest BCUT2D eigenvalue weighted by molar-refractivity contribution is 8.00. The van der Waals surface area contributed by atoms with E-state index in [9.17, 15) is 4.79 Å². The highest BCUT2D eigenvalue weighted by Crippen LogP contribution is 2.37. The van der Waals surface area contributed by atoms with Crippen LogP contribution in [0, 0.1) is 11.3 Å². The number of amides is 1. The fourth-order valence-electron chi connectivity index (χ4n) is 2.82. The maximum atomic E-state index is 12.8. The lowest BCUT2D eigenvalue weighted by Gasteiger charge is -2.22. The fourth-order valence-corrected chi connectivity index (χ4v) is 3.93. The number of carbonyl (C=O) groups excluding carboxylic acids is 1. The van der Waals surface area contributed by atoms with Crippen LogP contribution in [0.15, 0.2) is 47.4 Å². The lowest BCUT2D eigenvalue weighted by molar-refractivity contribution is -0.120. The van der Waals surface area contributed by atoms with Gasteiger partial charge in [0.25, 0.3) is 5.91 Å². The molecule has 2 aromatic carbocycles. The van der Waals surface area contributed by atoms with Crippen LogP contribution in [0.5, 0.6) is 11.5 Å². The number of benzene rings is 2. The summed E-state index contributed by atoms with van der Waals surface area (Å²) in [5.74, 6) is 0.793. The van der Waals surface area contributed by atoms with Gasteiger partial charge >= 0.3 is 0 Å². The van der Waals surface area contributed by atoms with Crippen molar-refractivity contribution in [1.29, 1.82) is 5.26 Å². The molecule has 1 aliphatic rings. The third kappa shape index (κ3) is 3.94. The molecule has 0 spiro atoms. The molecule has 0 saturated carbocycles. The van der Waals surface area contributed by atoms with E-state index in [2.05, 4.69) is 13.0 Å². The van der Waals surface area contributed by atoms with Crippen molar-refractivity contribution in [2.75, 3.05) is 25.2 Å². The average molecular weight is 368 g/mol. The molecule has 0 saturated heterocycles. The molecule has 0 bridgehead atoms. The van der Waals surface area contributed by atoms with Gasteiger partial charge in [0, 0.05) is 22.8 Å². The SMILES string of the molecule is COc1cc(C#N)ccc1OCC(=O)N1CCC(C)Sc2ccccc21. The monoisotopic (exact) mass is 368 g/mol. The summed E-state index contributed by atoms with van der Waals surface area (Å²) in [6.45, 7) is 2.75. The number of fused-ring (bicyclic) bond motifs is 1. The van der Waals surface area contributed by atoms with E-state index in [0.29, 0.717) is 28.9 Å². The Morgan fingerprint density at radius 3 is 2.88 bits per heavy atom. The topological polar surface area (TPSA) is 62.6 Å². The van der Waals surface area contributed by atoms with Gasteiger partial charge in [0.1, 0.15) is 0 Å². The molecule has 134 valence electrons. The number of ether oxygens (including phenoxy) is 2. The molecule has 1 amide bonds. The van der Waals surface area contributed by atoms with Crippen LogP contribution < -0.4 is 14.4 Å². The number of nitrogens with zero attached hydrogens (tertiary/aromatic N) is 2. The second-order valence-corrected chi connectivity index (χ2v) is 7.48. The van der Waals surface area contributed by atoms with Crippen molar-refractivity contribution >= 4 is 23.4 Å². The first-order chi connectivity index (χ1) is 12.6. The molecule has 26 heavy (non-hydrogen) atoms. The van der Waals surface area contributed by atoms with Gasteiger partial charge in [-0.15, -0.1) is 11.8 Å². The minimum atomic E-state index is -0.0986. The normalized spacial score (nSPS) is 16.2. The number of carbonyl (C=O) groups is 1. The van der Waals surface area contributed by atoms with E-state index in [0.717, 1.165) is 17.0 Å². The van der Waals surface area contributed by atoms with E-state index >= 15 is 0 Å². The van der Waals surface area contributed by atoms with E-state index < -0.39 is 0 Å². The standard InChI is InChI=1S/C20H20N2O3S/c1-14-9-10-22(16-5-3-4-6-19(16)26-14)20(23)13-25-17-8-7-15(12-21)11-18(17)24-2/h3-8,11,14H,9-10,13H2,1-2H3. The number of nitriles is 1. The van der Waals surface area contributed by atoms with Gasteiger partial charge in [0.2, 0.25) is 0 Å². The second-order valence-electron chi connectivity index (χ2n) is 6.00. The Labute approximate surface area is 157 Å². The summed E-state index contributed by atoms with van der Waals surface area (Å²) in [6, 6.07) is 14.9. The number of hydrogen-bond donors (Lipinski definition) is 0. The lowest BCUT2D eigenvalue weighted by Crippen LogP contribution is -2.36. The zero-order valence-corrected chi connectivity index (χ0v) is 15.6. The molecular formula is C20H20N2O3S. The maximum Gasteiger partial charge on any atom is 0.264 e. The van der Waals surface area contributed by atoms with Crippen LogP contribution in [0.4, 0.5) is 5.69 Å². The molecule has 1 aliphatic heterocycles. The van der Waals surface area contributed by atoms with Gasteiger partial charge in [-0.25, -0.2) is 0 Å². The average Bonchev–Trinajstić information content (AvgIpc) is 2.84. The Hall–Kier alpha value is -2.65. The second kappa shape index (κ2) is 8.15. The predicted molar refractivity (Wildman–Crippen MR) is 102 cm³/mol. The number of thioether (sulfide) groups is 1. The van der Waals surface area contributed by atoms with E-state index in [4.69, 9.17) is 14.7 Å². The van der Waals surface area contributed by atoms with Gasteiger partial charge in [-0.2, -0.15) is 5.26 Å². The molecule has 6 heteroatoms. The van der Waals surface area contributed by atoms with Crippen molar-refractivity contribution < 1.29 is 14.3 Å². The first kappa shape index (κ1) is 18.2. The molecule has 3 rings (SSSR count). The van der Waals surface area contributed by atoms with E-state index in [-0.39, 0.29) is 12.5 Å². The van der Waals surface area contributed by atoms with Gasteiger partial charge in [0.05, 0.1) is 24.4 Å². The zero-order chi connectivity index (χ0) is 18.5. The van der Waals surface area contributed by atoms with Gasteiger partial charge < -0.3 is 14.4 Å². The summed E-state index contributed by atoms with van der Waals surface area (Å²) < 4.78 is 10.9. The summed E-state index contributed by atoms with van der Waals surface area (Å²) in [7, 11) is 1.51. The minimum Gasteiger partial charge on any atom is -0.493 e. The predicted octanol–water partition coefficient (Wildman–Crippen LogP) is 3.86. The third-order valence-electron chi connectivity index (χ3n) is 4.19. The van der Waals surface area contributed by atoms with Gasteiger partial charge in [0.15, 0.2) is 18.1 Å². The van der Waals surface area contributed by atoms with Crippen LogP contribution in [0.1, 0.15) is 18.9 Å². The number of para-hydroxylation sites is 1. The van der Waals surface area contributed by atoms with Crippen LogP contribution in [-0.4, -0.2) is 31.4 Å². The maximum absolute atomic E-state index is 12.8. The summed E-state index contributed by atoms with van der Waals surface area (Å²) >= 11 is 1.79. The minimum absolute atomic E-state index is 0.0877. The number of rotatable bonds is 4. The number of anilines is 1. The summed E-state index contributed by atoms with van der Waals surface area (Å²) in [6.07, 6.45) is 0.922. The highest BCUT2D eigenvalue weighted by Gasteiger charge is 2.24. The molecule has 0 fully saturated rings. The van der Waals surface area contributed by atoms with Crippen molar-refractivity contribution in [1.82, 2.24) is 0 Å². The molecule has 0 N–H and O–H groups in total. The molecule has 1 heterocycles. The van der Waals surface area contributed by atoms with E-state index in [1.54, 1.807) is 34.9 Å². The quantitative estimate of drug-likeness (QED) is 0.820. The van der Waals surface area contributed by atoms with Crippen LogP contribution in [0.2, 0.25) is 0 Å². The first-order valence-electron chi connectivity index (χ1n) is 8.39. The van der Waals surface area contributed by atoms with Crippen molar-refractivity contribution in [2.24, 2.45) is 0 Å². The Morgan fingerprint density at radius 2 is 2.12 bits per heavy atom. The van der Waals surface area contributed by atoms with E-state index in [1.165, 1.54) is 7.11 Å². The Kier molecular flexibility index (Phi) is 5.69. The molecule has 0 radical (unpaired) electrons. The van der Waals surface area contributed by atoms with E-state index in [1.807, 2.05) is 24.3 Å². The van der Waals surface area contributed by atoms with Crippen LogP contribution >= 0.6 is 11.8 Å². The van der Waals surface area contributed by atoms with Gasteiger partial charge in [-0.05, 0) is 30.7 Å².